The van der Waals surface area contributed by atoms with Gasteiger partial charge >= 0.3 is 5.97 Å². The summed E-state index contributed by atoms with van der Waals surface area (Å²) in [7, 11) is 1.55. The number of amides is 2. The molecule has 7 heteroatoms. The lowest BCUT2D eigenvalue weighted by Crippen LogP contribution is -2.49. The second-order valence-corrected chi connectivity index (χ2v) is 6.13. The first-order valence-corrected chi connectivity index (χ1v) is 7.62. The van der Waals surface area contributed by atoms with Crippen LogP contribution in [0.2, 0.25) is 0 Å². The van der Waals surface area contributed by atoms with Crippen LogP contribution in [0.5, 0.6) is 0 Å². The van der Waals surface area contributed by atoms with Crippen LogP contribution in [0.25, 0.3) is 0 Å². The molecular formula is C14H18N2O4S. The maximum atomic E-state index is 12.3. The third-order valence-corrected chi connectivity index (χ3v) is 4.31. The van der Waals surface area contributed by atoms with E-state index in [9.17, 15) is 14.4 Å². The molecule has 1 heterocycles. The number of aliphatic carboxylic acids is 1. The third-order valence-electron chi connectivity index (χ3n) is 3.45. The summed E-state index contributed by atoms with van der Waals surface area (Å²) in [6, 6.07) is 2.60. The van der Waals surface area contributed by atoms with E-state index < -0.39 is 12.0 Å². The molecule has 0 aliphatic heterocycles. The standard InChI is InChI=1S/C14H18N2O4S/c1-9(14(19)20)16(10-5-6-10)12(17)8-15(2)13(18)11-4-3-7-21-11/h3-4,7,9-10H,5-6,8H2,1-2H3,(H,19,20). The van der Waals surface area contributed by atoms with Crippen molar-refractivity contribution in [2.75, 3.05) is 13.6 Å². The molecule has 1 unspecified atom stereocenters. The number of carbonyl (C=O) groups is 3. The third kappa shape index (κ3) is 3.60. The summed E-state index contributed by atoms with van der Waals surface area (Å²) in [5, 5.41) is 10.9. The average molecular weight is 310 g/mol. The zero-order valence-corrected chi connectivity index (χ0v) is 12.8. The van der Waals surface area contributed by atoms with Crippen LogP contribution in [0, 0.1) is 0 Å². The van der Waals surface area contributed by atoms with Crippen LogP contribution in [-0.4, -0.2) is 58.4 Å². The largest absolute Gasteiger partial charge is 0.480 e. The number of carboxylic acids is 1. The highest BCUT2D eigenvalue weighted by molar-refractivity contribution is 7.12. The van der Waals surface area contributed by atoms with Gasteiger partial charge in [0.05, 0.1) is 11.4 Å². The minimum atomic E-state index is -1.03. The fourth-order valence-electron chi connectivity index (χ4n) is 2.15. The van der Waals surface area contributed by atoms with Crippen molar-refractivity contribution in [3.63, 3.8) is 0 Å². The van der Waals surface area contributed by atoms with Gasteiger partial charge in [-0.2, -0.15) is 0 Å². The summed E-state index contributed by atoms with van der Waals surface area (Å²) in [5.41, 5.74) is 0. The van der Waals surface area contributed by atoms with E-state index >= 15 is 0 Å². The maximum absolute atomic E-state index is 12.3. The Morgan fingerprint density at radius 1 is 1.43 bits per heavy atom. The number of likely N-dealkylation sites (N-methyl/N-ethyl adjacent to an activating group) is 1. The van der Waals surface area contributed by atoms with E-state index in [0.29, 0.717) is 4.88 Å². The Labute approximate surface area is 127 Å². The van der Waals surface area contributed by atoms with Gasteiger partial charge < -0.3 is 14.9 Å². The van der Waals surface area contributed by atoms with E-state index in [0.717, 1.165) is 12.8 Å². The molecule has 0 aromatic carbocycles. The first-order chi connectivity index (χ1) is 9.91. The van der Waals surface area contributed by atoms with Gasteiger partial charge in [0, 0.05) is 13.1 Å². The Hall–Kier alpha value is -1.89. The molecule has 1 aromatic heterocycles. The number of carboxylic acid groups (broad SMARTS) is 1. The predicted octanol–water partition coefficient (Wildman–Crippen LogP) is 1.28. The number of nitrogens with zero attached hydrogens (tertiary/aromatic N) is 2. The minimum Gasteiger partial charge on any atom is -0.480 e. The van der Waals surface area contributed by atoms with Gasteiger partial charge in [0.1, 0.15) is 6.04 Å². The van der Waals surface area contributed by atoms with Crippen molar-refractivity contribution in [3.05, 3.63) is 22.4 Å². The maximum Gasteiger partial charge on any atom is 0.326 e. The van der Waals surface area contributed by atoms with Crippen molar-refractivity contribution in [1.29, 1.82) is 0 Å². The van der Waals surface area contributed by atoms with E-state index in [4.69, 9.17) is 5.11 Å². The molecule has 21 heavy (non-hydrogen) atoms. The van der Waals surface area contributed by atoms with Gasteiger partial charge in [-0.15, -0.1) is 11.3 Å². The Bertz CT molecular complexity index is 539. The fourth-order valence-corrected chi connectivity index (χ4v) is 2.87. The van der Waals surface area contributed by atoms with Crippen molar-refractivity contribution < 1.29 is 19.5 Å². The zero-order chi connectivity index (χ0) is 15.6. The van der Waals surface area contributed by atoms with Crippen LogP contribution < -0.4 is 0 Å². The minimum absolute atomic E-state index is 0.00570. The van der Waals surface area contributed by atoms with Crippen LogP contribution in [0.4, 0.5) is 0 Å². The van der Waals surface area contributed by atoms with Gasteiger partial charge in [0.25, 0.3) is 5.91 Å². The lowest BCUT2D eigenvalue weighted by Gasteiger charge is -2.28. The second-order valence-electron chi connectivity index (χ2n) is 5.18. The van der Waals surface area contributed by atoms with E-state index in [2.05, 4.69) is 0 Å². The number of hydrogen-bond acceptors (Lipinski definition) is 4. The van der Waals surface area contributed by atoms with E-state index in [1.54, 1.807) is 24.6 Å². The molecule has 1 atom stereocenters. The Morgan fingerprint density at radius 3 is 2.57 bits per heavy atom. The first-order valence-electron chi connectivity index (χ1n) is 6.74. The second kappa shape index (κ2) is 6.26. The molecule has 1 aromatic rings. The molecule has 6 nitrogen and oxygen atoms in total. The van der Waals surface area contributed by atoms with Gasteiger partial charge in [0.15, 0.2) is 0 Å². The fraction of sp³-hybridized carbons (Fsp3) is 0.500. The normalized spacial score (nSPS) is 15.3. The van der Waals surface area contributed by atoms with Crippen molar-refractivity contribution in [1.82, 2.24) is 9.80 Å². The Morgan fingerprint density at radius 2 is 2.10 bits per heavy atom. The molecule has 1 aliphatic carbocycles. The van der Waals surface area contributed by atoms with Crippen LogP contribution in [-0.2, 0) is 9.59 Å². The predicted molar refractivity (Wildman–Crippen MR) is 78.2 cm³/mol. The summed E-state index contributed by atoms with van der Waals surface area (Å²) in [6.45, 7) is 1.39. The highest BCUT2D eigenvalue weighted by Gasteiger charge is 2.38. The molecule has 1 aliphatic rings. The summed E-state index contributed by atoms with van der Waals surface area (Å²) in [5.74, 6) is -1.57. The molecular weight excluding hydrogens is 292 g/mol. The van der Waals surface area contributed by atoms with Crippen molar-refractivity contribution in [2.45, 2.75) is 31.8 Å². The molecule has 1 N–H and O–H groups in total. The lowest BCUT2D eigenvalue weighted by atomic mass is 10.2. The molecule has 0 bridgehead atoms. The molecule has 114 valence electrons. The monoisotopic (exact) mass is 310 g/mol. The SMILES string of the molecule is CC(C(=O)O)N(C(=O)CN(C)C(=O)c1cccs1)C1CC1. The van der Waals surface area contributed by atoms with Crippen LogP contribution in [0.3, 0.4) is 0 Å². The van der Waals surface area contributed by atoms with Gasteiger partial charge in [-0.1, -0.05) is 6.07 Å². The van der Waals surface area contributed by atoms with E-state index in [1.165, 1.54) is 28.1 Å². The summed E-state index contributed by atoms with van der Waals surface area (Å²) in [4.78, 5) is 38.8. The molecule has 2 rings (SSSR count). The summed E-state index contributed by atoms with van der Waals surface area (Å²) in [6.07, 6.45) is 1.65. The van der Waals surface area contributed by atoms with Gasteiger partial charge in [-0.05, 0) is 31.2 Å². The molecule has 0 spiro atoms. The number of hydrogen-bond donors (Lipinski definition) is 1. The van der Waals surface area contributed by atoms with Crippen LogP contribution in [0.1, 0.15) is 29.4 Å². The molecule has 0 saturated heterocycles. The summed E-state index contributed by atoms with van der Waals surface area (Å²) < 4.78 is 0. The Balaban J connectivity index is 2.01. The van der Waals surface area contributed by atoms with Crippen molar-refractivity contribution in [2.24, 2.45) is 0 Å². The van der Waals surface area contributed by atoms with Crippen LogP contribution in [0.15, 0.2) is 17.5 Å². The van der Waals surface area contributed by atoms with Gasteiger partial charge in [0.2, 0.25) is 5.91 Å². The molecule has 2 amide bonds. The Kier molecular flexibility index (Phi) is 4.62. The highest BCUT2D eigenvalue weighted by atomic mass is 32.1. The van der Waals surface area contributed by atoms with Crippen molar-refractivity contribution >= 4 is 29.1 Å². The molecule has 1 fully saturated rings. The van der Waals surface area contributed by atoms with E-state index in [1.807, 2.05) is 0 Å². The number of thiophene rings is 1. The molecule has 1 saturated carbocycles. The topological polar surface area (TPSA) is 77.9 Å². The van der Waals surface area contributed by atoms with Gasteiger partial charge in [-0.25, -0.2) is 4.79 Å². The number of carbonyl (C=O) groups excluding carboxylic acids is 2. The van der Waals surface area contributed by atoms with Crippen LogP contribution >= 0.6 is 11.3 Å². The van der Waals surface area contributed by atoms with E-state index in [-0.39, 0.29) is 24.4 Å². The van der Waals surface area contributed by atoms with Gasteiger partial charge in [-0.3, -0.25) is 9.59 Å². The average Bonchev–Trinajstić information content (AvgIpc) is 3.10. The van der Waals surface area contributed by atoms with Crippen molar-refractivity contribution in [3.8, 4) is 0 Å². The zero-order valence-electron chi connectivity index (χ0n) is 12.0. The smallest absolute Gasteiger partial charge is 0.326 e. The molecule has 0 radical (unpaired) electrons. The number of rotatable bonds is 6. The lowest BCUT2D eigenvalue weighted by molar-refractivity contribution is -0.150. The quantitative estimate of drug-likeness (QED) is 0.858. The highest BCUT2D eigenvalue weighted by Crippen LogP contribution is 2.29. The first kappa shape index (κ1) is 15.5. The summed E-state index contributed by atoms with van der Waals surface area (Å²) >= 11 is 1.31.